The summed E-state index contributed by atoms with van der Waals surface area (Å²) >= 11 is 0. The van der Waals surface area contributed by atoms with E-state index in [9.17, 15) is 0 Å². The number of benzene rings is 1. The van der Waals surface area contributed by atoms with Crippen LogP contribution in [-0.2, 0) is 15.0 Å². The van der Waals surface area contributed by atoms with Gasteiger partial charge in [0.15, 0.2) is 0 Å². The van der Waals surface area contributed by atoms with E-state index in [1.165, 1.54) is 35.2 Å². The Morgan fingerprint density at radius 1 is 1.07 bits per heavy atom. The van der Waals surface area contributed by atoms with E-state index in [1.54, 1.807) is 0 Å². The number of hydrogen-bond donors (Lipinski definition) is 2. The molecule has 4 rings (SSSR count). The van der Waals surface area contributed by atoms with Gasteiger partial charge in [-0.2, -0.15) is 0 Å². The number of aromatic nitrogens is 1. The molecule has 2 aliphatic heterocycles. The summed E-state index contributed by atoms with van der Waals surface area (Å²) in [6.07, 6.45) is 8.03. The van der Waals surface area contributed by atoms with Gasteiger partial charge in [0.2, 0.25) is 0 Å². The van der Waals surface area contributed by atoms with Crippen LogP contribution in [0.4, 0.5) is 0 Å². The van der Waals surface area contributed by atoms with Gasteiger partial charge in [-0.1, -0.05) is 35.4 Å². The largest absolute Gasteiger partial charge is 0.473 e. The predicted octanol–water partition coefficient (Wildman–Crippen LogP) is 3.03. The van der Waals surface area contributed by atoms with Crippen molar-refractivity contribution in [3.63, 3.8) is 0 Å². The maximum atomic E-state index is 9.10. The molecule has 0 spiro atoms. The van der Waals surface area contributed by atoms with Crippen LogP contribution in [0.5, 0.6) is 0 Å². The molecule has 2 N–H and O–H groups in total. The van der Waals surface area contributed by atoms with Crippen molar-refractivity contribution in [3.8, 4) is 11.3 Å². The second kappa shape index (κ2) is 7.94. The highest BCUT2D eigenvalue weighted by molar-refractivity contribution is 6.27. The van der Waals surface area contributed by atoms with Crippen LogP contribution >= 0.6 is 0 Å². The third-order valence-corrected chi connectivity index (χ3v) is 5.22. The lowest BCUT2D eigenvalue weighted by molar-refractivity contribution is -0.159. The summed E-state index contributed by atoms with van der Waals surface area (Å²) in [7, 11) is 0. The number of pyridine rings is 1. The van der Waals surface area contributed by atoms with Gasteiger partial charge < -0.3 is 10.2 Å². The molecule has 28 heavy (non-hydrogen) atoms. The lowest BCUT2D eigenvalue weighted by Crippen LogP contribution is -2.33. The molecule has 0 aliphatic carbocycles. The molecule has 1 aromatic heterocycles. The fraction of sp³-hybridized carbons (Fsp3) is 0.318. The van der Waals surface area contributed by atoms with Crippen molar-refractivity contribution in [2.24, 2.45) is 0 Å². The van der Waals surface area contributed by atoms with Crippen molar-refractivity contribution in [2.45, 2.75) is 25.7 Å². The van der Waals surface area contributed by atoms with Gasteiger partial charge in [-0.15, -0.1) is 0 Å². The van der Waals surface area contributed by atoms with Crippen LogP contribution in [0.25, 0.3) is 11.3 Å². The Morgan fingerprint density at radius 2 is 1.75 bits per heavy atom. The number of hydrogen-bond acceptors (Lipinski definition) is 4. The average Bonchev–Trinajstić information content (AvgIpc) is 2.96. The molecule has 2 aliphatic rings. The lowest BCUT2D eigenvalue weighted by atomic mass is 9.79. The molecular formula is C22H24N2O4. The van der Waals surface area contributed by atoms with Gasteiger partial charge in [0.25, 0.3) is 0 Å². The first-order valence-corrected chi connectivity index (χ1v) is 9.20. The first kappa shape index (κ1) is 19.8. The van der Waals surface area contributed by atoms with Gasteiger partial charge in [-0.05, 0) is 50.6 Å². The van der Waals surface area contributed by atoms with Crippen molar-refractivity contribution in [1.29, 1.82) is 0 Å². The molecule has 6 heteroatoms. The molecule has 6 nitrogen and oxygen atoms in total. The summed E-state index contributed by atoms with van der Waals surface area (Å²) in [4.78, 5) is 25.5. The zero-order valence-electron chi connectivity index (χ0n) is 16.1. The Morgan fingerprint density at radius 3 is 2.32 bits per heavy atom. The van der Waals surface area contributed by atoms with Crippen molar-refractivity contribution in [1.82, 2.24) is 9.88 Å². The molecule has 2 bridgehead atoms. The van der Waals surface area contributed by atoms with Crippen LogP contribution in [0.15, 0.2) is 48.7 Å². The minimum atomic E-state index is -1.82. The maximum Gasteiger partial charge on any atom is 0.414 e. The van der Waals surface area contributed by atoms with Crippen molar-refractivity contribution < 1.29 is 19.8 Å². The van der Waals surface area contributed by atoms with Gasteiger partial charge in [0.1, 0.15) is 0 Å². The van der Waals surface area contributed by atoms with Crippen molar-refractivity contribution in [2.75, 3.05) is 19.6 Å². The fourth-order valence-electron chi connectivity index (χ4n) is 3.95. The lowest BCUT2D eigenvalue weighted by Gasteiger charge is -2.29. The third-order valence-electron chi connectivity index (χ3n) is 5.22. The molecule has 2 aromatic rings. The SMILES string of the molecule is Cc1cc(C)cc(-c2ccc(C34C=CCN(CC3)C4)cn2)c1.O=C(O)C(=O)O. The zero-order valence-corrected chi connectivity index (χ0v) is 16.1. The molecule has 2 unspecified atom stereocenters. The van der Waals surface area contributed by atoms with E-state index in [2.05, 4.69) is 67.4 Å². The van der Waals surface area contributed by atoms with E-state index in [1.807, 2.05) is 0 Å². The number of nitrogens with zero attached hydrogens (tertiary/aromatic N) is 2. The number of carbonyl (C=O) groups is 2. The van der Waals surface area contributed by atoms with Gasteiger partial charge in [0.05, 0.1) is 5.69 Å². The standard InChI is InChI=1S/C20H22N2.C2H2O4/c1-15-10-16(2)12-17(11-15)19-5-4-18(13-21-19)20-6-3-8-22(14-20)9-7-20;3-1(4)2(5)6/h3-6,10-13H,7-9,14H2,1-2H3;(H,3,4)(H,5,6). The normalized spacial score (nSPS) is 22.3. The molecule has 2 atom stereocenters. The van der Waals surface area contributed by atoms with E-state index in [0.29, 0.717) is 0 Å². The predicted molar refractivity (Wildman–Crippen MR) is 106 cm³/mol. The summed E-state index contributed by atoms with van der Waals surface area (Å²) in [5, 5.41) is 14.8. The molecule has 3 heterocycles. The van der Waals surface area contributed by atoms with Crippen molar-refractivity contribution >= 4 is 11.9 Å². The van der Waals surface area contributed by atoms with Crippen LogP contribution in [0.1, 0.15) is 23.1 Å². The number of fused-ring (bicyclic) bond motifs is 2. The first-order valence-electron chi connectivity index (χ1n) is 9.20. The van der Waals surface area contributed by atoms with Gasteiger partial charge in [-0.3, -0.25) is 9.88 Å². The Hall–Kier alpha value is -2.99. The van der Waals surface area contributed by atoms with Crippen LogP contribution in [-0.4, -0.2) is 51.7 Å². The molecule has 146 valence electrons. The Bertz CT molecular complexity index is 888. The van der Waals surface area contributed by atoms with Gasteiger partial charge in [0, 0.05) is 30.3 Å². The Balaban J connectivity index is 0.000000330. The van der Waals surface area contributed by atoms with Gasteiger partial charge in [-0.25, -0.2) is 9.59 Å². The monoisotopic (exact) mass is 380 g/mol. The highest BCUT2D eigenvalue weighted by atomic mass is 16.4. The number of rotatable bonds is 2. The summed E-state index contributed by atoms with van der Waals surface area (Å²) in [6, 6.07) is 11.1. The Kier molecular flexibility index (Phi) is 5.61. The quantitative estimate of drug-likeness (QED) is 0.615. The second-order valence-electron chi connectivity index (χ2n) is 7.46. The summed E-state index contributed by atoms with van der Waals surface area (Å²) < 4.78 is 0. The topological polar surface area (TPSA) is 90.7 Å². The smallest absolute Gasteiger partial charge is 0.414 e. The third kappa shape index (κ3) is 4.28. The highest BCUT2D eigenvalue weighted by Gasteiger charge is 2.39. The molecule has 1 saturated heterocycles. The minimum Gasteiger partial charge on any atom is -0.473 e. The molecule has 0 radical (unpaired) electrons. The van der Waals surface area contributed by atoms with Crippen LogP contribution in [0, 0.1) is 13.8 Å². The maximum absolute atomic E-state index is 9.10. The van der Waals surface area contributed by atoms with Crippen molar-refractivity contribution in [3.05, 3.63) is 65.4 Å². The minimum absolute atomic E-state index is 0.201. The van der Waals surface area contributed by atoms with E-state index in [4.69, 9.17) is 24.8 Å². The van der Waals surface area contributed by atoms with Crippen LogP contribution in [0.3, 0.4) is 0 Å². The molecule has 0 saturated carbocycles. The second-order valence-corrected chi connectivity index (χ2v) is 7.46. The van der Waals surface area contributed by atoms with E-state index < -0.39 is 11.9 Å². The van der Waals surface area contributed by atoms with Gasteiger partial charge >= 0.3 is 11.9 Å². The molecule has 1 fully saturated rings. The summed E-state index contributed by atoms with van der Waals surface area (Å²) in [6.45, 7) is 7.74. The number of aryl methyl sites for hydroxylation is 2. The molecular weight excluding hydrogens is 356 g/mol. The Labute approximate surface area is 164 Å². The van der Waals surface area contributed by atoms with E-state index in [-0.39, 0.29) is 5.41 Å². The number of carboxylic acids is 2. The first-order chi connectivity index (χ1) is 13.3. The summed E-state index contributed by atoms with van der Waals surface area (Å²) in [5.41, 5.74) is 6.43. The van der Waals surface area contributed by atoms with E-state index in [0.717, 1.165) is 18.8 Å². The van der Waals surface area contributed by atoms with E-state index >= 15 is 0 Å². The zero-order chi connectivity index (χ0) is 20.3. The number of aliphatic carboxylic acids is 2. The van der Waals surface area contributed by atoms with Crippen LogP contribution in [0.2, 0.25) is 0 Å². The highest BCUT2D eigenvalue weighted by Crippen LogP contribution is 2.38. The fourth-order valence-corrected chi connectivity index (χ4v) is 3.95. The molecule has 0 amide bonds. The average molecular weight is 380 g/mol. The number of carboxylic acid groups (broad SMARTS) is 2. The summed E-state index contributed by atoms with van der Waals surface area (Å²) in [5.74, 6) is -3.65. The van der Waals surface area contributed by atoms with Crippen LogP contribution < -0.4 is 0 Å². The molecule has 1 aromatic carbocycles.